The fraction of sp³-hybridized carbons (Fsp3) is 0.250. The molecule has 0 amide bonds. The Morgan fingerprint density at radius 3 is 2.17 bits per heavy atom. The van der Waals surface area contributed by atoms with Crippen LogP contribution in [0.3, 0.4) is 0 Å². The highest BCUT2D eigenvalue weighted by Crippen LogP contribution is 2.39. The van der Waals surface area contributed by atoms with Crippen molar-refractivity contribution < 1.29 is 19.7 Å². The molecule has 0 bridgehead atoms. The van der Waals surface area contributed by atoms with E-state index in [1.165, 1.54) is 0 Å². The van der Waals surface area contributed by atoms with E-state index < -0.39 is 6.10 Å². The van der Waals surface area contributed by atoms with E-state index in [9.17, 15) is 10.2 Å². The Morgan fingerprint density at radius 2 is 1.48 bits per heavy atom. The number of aliphatic hydroxyl groups excluding tert-OH is 1. The Balaban J connectivity index is 1.48. The van der Waals surface area contributed by atoms with E-state index in [2.05, 4.69) is 5.32 Å². The molecule has 1 aliphatic heterocycles. The number of phenolic OH excluding ortho intramolecular Hbond substituents is 1. The normalized spacial score (nSPS) is 20.1. The van der Waals surface area contributed by atoms with Crippen LogP contribution in [0.15, 0.2) is 78.9 Å². The van der Waals surface area contributed by atoms with E-state index in [0.29, 0.717) is 6.54 Å². The van der Waals surface area contributed by atoms with Gasteiger partial charge in [0.1, 0.15) is 5.75 Å². The number of nitrogens with one attached hydrogen (secondary N) is 1. The molecule has 0 saturated heterocycles. The third-order valence-electron chi connectivity index (χ3n) is 5.20. The van der Waals surface area contributed by atoms with Gasteiger partial charge in [-0.2, -0.15) is 0 Å². The maximum absolute atomic E-state index is 10.6. The quantitative estimate of drug-likeness (QED) is 0.593. The first-order valence-corrected chi connectivity index (χ1v) is 9.79. The van der Waals surface area contributed by atoms with Gasteiger partial charge in [-0.15, -0.1) is 0 Å². The fourth-order valence-electron chi connectivity index (χ4n) is 3.53. The lowest BCUT2D eigenvalue weighted by Crippen LogP contribution is -2.45. The monoisotopic (exact) mass is 391 g/mol. The Labute approximate surface area is 170 Å². The van der Waals surface area contributed by atoms with Gasteiger partial charge in [0.2, 0.25) is 0 Å². The summed E-state index contributed by atoms with van der Waals surface area (Å²) >= 11 is 0. The zero-order valence-corrected chi connectivity index (χ0v) is 16.2. The van der Waals surface area contributed by atoms with Gasteiger partial charge in [-0.25, -0.2) is 0 Å². The molecule has 0 radical (unpaired) electrons. The smallest absolute Gasteiger partial charge is 0.162 e. The second kappa shape index (κ2) is 8.55. The van der Waals surface area contributed by atoms with Crippen LogP contribution in [-0.2, 0) is 0 Å². The molecule has 3 N–H and O–H groups in total. The Kier molecular flexibility index (Phi) is 5.69. The van der Waals surface area contributed by atoms with Crippen molar-refractivity contribution >= 4 is 0 Å². The highest BCUT2D eigenvalue weighted by atomic mass is 16.6. The maximum Gasteiger partial charge on any atom is 0.162 e. The first kappa shape index (κ1) is 19.3. The number of hydrogen-bond acceptors (Lipinski definition) is 5. The van der Waals surface area contributed by atoms with Gasteiger partial charge < -0.3 is 25.0 Å². The average molecular weight is 391 g/mol. The first-order valence-electron chi connectivity index (χ1n) is 9.79. The van der Waals surface area contributed by atoms with Gasteiger partial charge in [-0.1, -0.05) is 54.6 Å². The van der Waals surface area contributed by atoms with Crippen molar-refractivity contribution in [3.8, 4) is 17.2 Å². The molecule has 1 heterocycles. The van der Waals surface area contributed by atoms with Crippen LogP contribution < -0.4 is 14.8 Å². The molecule has 0 aliphatic carbocycles. The number of aromatic hydroxyl groups is 1. The highest BCUT2D eigenvalue weighted by Gasteiger charge is 2.33. The lowest BCUT2D eigenvalue weighted by molar-refractivity contribution is 0.0151. The molecule has 1 aliphatic rings. The van der Waals surface area contributed by atoms with E-state index >= 15 is 0 Å². The number of hydrogen-bond donors (Lipinski definition) is 3. The number of rotatable bonds is 6. The molecule has 4 rings (SSSR count). The summed E-state index contributed by atoms with van der Waals surface area (Å²) in [5.74, 6) is 1.63. The van der Waals surface area contributed by atoms with Crippen LogP contribution in [0.25, 0.3) is 0 Å². The summed E-state index contributed by atoms with van der Waals surface area (Å²) in [7, 11) is 0. The molecule has 0 fully saturated rings. The second-order valence-corrected chi connectivity index (χ2v) is 7.29. The molecule has 150 valence electrons. The standard InChI is InChI=1S/C24H25NO4/c1-16(23(27)17-11-13-19(26)14-12-17)25-15-22-24(18-7-3-2-4-8-18)29-21-10-6-5-9-20(21)28-22/h2-14,16,22-27H,15H2,1H3. The minimum atomic E-state index is -0.706. The Hall–Kier alpha value is -3.02. The number of aliphatic hydroxyl groups is 1. The molecule has 0 saturated carbocycles. The molecule has 4 atom stereocenters. The topological polar surface area (TPSA) is 71.0 Å². The van der Waals surface area contributed by atoms with Gasteiger partial charge in [0.05, 0.1) is 6.10 Å². The van der Waals surface area contributed by atoms with Gasteiger partial charge in [0.25, 0.3) is 0 Å². The SMILES string of the molecule is CC(NCC1Oc2ccccc2OC1c1ccccc1)C(O)c1ccc(O)cc1. The summed E-state index contributed by atoms with van der Waals surface area (Å²) in [4.78, 5) is 0. The first-order chi connectivity index (χ1) is 14.1. The lowest BCUT2D eigenvalue weighted by atomic mass is 10.0. The predicted molar refractivity (Wildman–Crippen MR) is 111 cm³/mol. The molecular weight excluding hydrogens is 366 g/mol. The van der Waals surface area contributed by atoms with Crippen molar-refractivity contribution in [2.75, 3.05) is 6.54 Å². The zero-order chi connectivity index (χ0) is 20.2. The number of phenols is 1. The van der Waals surface area contributed by atoms with Crippen molar-refractivity contribution in [2.24, 2.45) is 0 Å². The average Bonchev–Trinajstić information content (AvgIpc) is 2.77. The van der Waals surface area contributed by atoms with Crippen LogP contribution in [0.1, 0.15) is 30.3 Å². The van der Waals surface area contributed by atoms with Gasteiger partial charge in [-0.05, 0) is 42.3 Å². The zero-order valence-electron chi connectivity index (χ0n) is 16.2. The Bertz CT molecular complexity index is 929. The summed E-state index contributed by atoms with van der Waals surface area (Å²) in [5, 5.41) is 23.5. The van der Waals surface area contributed by atoms with Crippen LogP contribution in [0.5, 0.6) is 17.2 Å². The third kappa shape index (κ3) is 4.36. The number of para-hydroxylation sites is 2. The van der Waals surface area contributed by atoms with E-state index in [1.54, 1.807) is 24.3 Å². The molecule has 4 unspecified atom stereocenters. The summed E-state index contributed by atoms with van der Waals surface area (Å²) in [6.07, 6.45) is -1.21. The summed E-state index contributed by atoms with van der Waals surface area (Å²) in [5.41, 5.74) is 1.79. The summed E-state index contributed by atoms with van der Waals surface area (Å²) in [6, 6.07) is 24.1. The minimum Gasteiger partial charge on any atom is -0.508 e. The molecule has 29 heavy (non-hydrogen) atoms. The van der Waals surface area contributed by atoms with Crippen LogP contribution in [-0.4, -0.2) is 28.9 Å². The van der Waals surface area contributed by atoms with E-state index in [4.69, 9.17) is 9.47 Å². The molecule has 5 nitrogen and oxygen atoms in total. The van der Waals surface area contributed by atoms with Crippen LogP contribution in [0.2, 0.25) is 0 Å². The van der Waals surface area contributed by atoms with Crippen molar-refractivity contribution in [1.29, 1.82) is 0 Å². The fourth-order valence-corrected chi connectivity index (χ4v) is 3.53. The van der Waals surface area contributed by atoms with Gasteiger partial charge >= 0.3 is 0 Å². The molecular formula is C24H25NO4. The largest absolute Gasteiger partial charge is 0.508 e. The molecule has 3 aromatic carbocycles. The molecule has 5 heteroatoms. The summed E-state index contributed by atoms with van der Waals surface area (Å²) in [6.45, 7) is 2.43. The maximum atomic E-state index is 10.6. The number of fused-ring (bicyclic) bond motifs is 1. The lowest BCUT2D eigenvalue weighted by Gasteiger charge is -2.35. The van der Waals surface area contributed by atoms with E-state index in [1.807, 2.05) is 61.5 Å². The van der Waals surface area contributed by atoms with E-state index in [-0.39, 0.29) is 24.0 Å². The van der Waals surface area contributed by atoms with Crippen LogP contribution >= 0.6 is 0 Å². The molecule has 0 spiro atoms. The number of benzene rings is 3. The van der Waals surface area contributed by atoms with Crippen LogP contribution in [0, 0.1) is 0 Å². The number of ether oxygens (including phenoxy) is 2. The predicted octanol–water partition coefficient (Wildman–Crippen LogP) is 3.99. The van der Waals surface area contributed by atoms with Crippen molar-refractivity contribution in [2.45, 2.75) is 31.3 Å². The summed E-state index contributed by atoms with van der Waals surface area (Å²) < 4.78 is 12.5. The highest BCUT2D eigenvalue weighted by molar-refractivity contribution is 5.42. The van der Waals surface area contributed by atoms with Gasteiger partial charge in [0, 0.05) is 12.6 Å². The van der Waals surface area contributed by atoms with Crippen molar-refractivity contribution in [1.82, 2.24) is 5.32 Å². The molecule has 0 aromatic heterocycles. The Morgan fingerprint density at radius 1 is 0.862 bits per heavy atom. The minimum absolute atomic E-state index is 0.179. The van der Waals surface area contributed by atoms with Gasteiger partial charge in [-0.3, -0.25) is 0 Å². The molecule has 3 aromatic rings. The van der Waals surface area contributed by atoms with Crippen molar-refractivity contribution in [3.63, 3.8) is 0 Å². The second-order valence-electron chi connectivity index (χ2n) is 7.29. The third-order valence-corrected chi connectivity index (χ3v) is 5.20. The van der Waals surface area contributed by atoms with Crippen molar-refractivity contribution in [3.05, 3.63) is 90.0 Å². The van der Waals surface area contributed by atoms with E-state index in [0.717, 1.165) is 22.6 Å². The van der Waals surface area contributed by atoms with Crippen LogP contribution in [0.4, 0.5) is 0 Å². The van der Waals surface area contributed by atoms with Gasteiger partial charge in [0.15, 0.2) is 23.7 Å².